The zero-order valence-electron chi connectivity index (χ0n) is 16.7. The first kappa shape index (κ1) is 24.1. The van der Waals surface area contributed by atoms with E-state index >= 15 is 0 Å². The summed E-state index contributed by atoms with van der Waals surface area (Å²) in [6.45, 7) is 3.81. The zero-order chi connectivity index (χ0) is 21.3. The highest BCUT2D eigenvalue weighted by Gasteiger charge is 2.39. The molecular weight excluding hydrogens is 378 g/mol. The average Bonchev–Trinajstić information content (AvgIpc) is 2.65. The zero-order valence-corrected chi connectivity index (χ0v) is 17.5. The van der Waals surface area contributed by atoms with Gasteiger partial charge in [-0.1, -0.05) is 44.2 Å². The monoisotopic (exact) mass is 409 g/mol. The number of nitrogens with two attached hydrogens (primary N) is 2. The van der Waals surface area contributed by atoms with E-state index in [4.69, 9.17) is 11.5 Å². The minimum absolute atomic E-state index is 0.00268. The molecule has 0 aliphatic heterocycles. The maximum atomic E-state index is 13.0. The van der Waals surface area contributed by atoms with Crippen molar-refractivity contribution in [2.24, 2.45) is 17.4 Å². The van der Waals surface area contributed by atoms with Gasteiger partial charge in [0, 0.05) is 6.42 Å². The predicted molar refractivity (Wildman–Crippen MR) is 112 cm³/mol. The standard InChI is InChI=1S/C20H31N3O4S/c1-13(2)11-16(22)19(25)23(18(24)15(21)9-10-28-3)17(20(26)27)12-14-7-5-4-6-8-14/h4-8,13,15-17H,9-12,21-22H2,1-3H3,(H,26,27). The van der Waals surface area contributed by atoms with Crippen LogP contribution < -0.4 is 11.5 Å². The average molecular weight is 410 g/mol. The van der Waals surface area contributed by atoms with E-state index in [2.05, 4.69) is 0 Å². The third-order valence-electron chi connectivity index (χ3n) is 4.34. The lowest BCUT2D eigenvalue weighted by Gasteiger charge is -2.32. The number of imide groups is 1. The fraction of sp³-hybridized carbons (Fsp3) is 0.550. The van der Waals surface area contributed by atoms with Crippen molar-refractivity contribution in [2.45, 2.75) is 51.2 Å². The Morgan fingerprint density at radius 2 is 1.64 bits per heavy atom. The number of hydrogen-bond acceptors (Lipinski definition) is 6. The summed E-state index contributed by atoms with van der Waals surface area (Å²) in [7, 11) is 0. The SMILES string of the molecule is CSCCC(N)C(=O)N(C(=O)C(N)CC(C)C)C(Cc1ccccc1)C(=O)O. The number of aliphatic carboxylic acids is 1. The van der Waals surface area contributed by atoms with Gasteiger partial charge in [-0.25, -0.2) is 4.79 Å². The van der Waals surface area contributed by atoms with E-state index in [9.17, 15) is 19.5 Å². The highest BCUT2D eigenvalue weighted by Crippen LogP contribution is 2.16. The molecule has 0 bridgehead atoms. The van der Waals surface area contributed by atoms with Gasteiger partial charge in [0.25, 0.3) is 0 Å². The second kappa shape index (κ2) is 11.8. The van der Waals surface area contributed by atoms with Crippen LogP contribution in [-0.4, -0.2) is 57.9 Å². The lowest BCUT2D eigenvalue weighted by Crippen LogP contribution is -2.59. The molecule has 28 heavy (non-hydrogen) atoms. The second-order valence-electron chi connectivity index (χ2n) is 7.21. The minimum atomic E-state index is -1.36. The number of carboxylic acid groups (broad SMARTS) is 1. The summed E-state index contributed by atoms with van der Waals surface area (Å²) in [6, 6.07) is 5.59. The Bertz CT molecular complexity index is 654. The molecule has 0 aliphatic carbocycles. The van der Waals surface area contributed by atoms with Gasteiger partial charge in [-0.05, 0) is 36.3 Å². The molecule has 0 saturated carbocycles. The van der Waals surface area contributed by atoms with Crippen LogP contribution in [0.25, 0.3) is 0 Å². The highest BCUT2D eigenvalue weighted by atomic mass is 32.2. The Balaban J connectivity index is 3.22. The third kappa shape index (κ3) is 7.26. The van der Waals surface area contributed by atoms with Crippen molar-refractivity contribution in [2.75, 3.05) is 12.0 Å². The number of amides is 2. The molecule has 5 N–H and O–H groups in total. The first-order chi connectivity index (χ1) is 13.2. The number of hydrogen-bond donors (Lipinski definition) is 3. The van der Waals surface area contributed by atoms with E-state index < -0.39 is 35.9 Å². The summed E-state index contributed by atoms with van der Waals surface area (Å²) < 4.78 is 0. The van der Waals surface area contributed by atoms with Crippen LogP contribution in [0.4, 0.5) is 0 Å². The molecule has 1 aromatic carbocycles. The van der Waals surface area contributed by atoms with Crippen molar-refractivity contribution in [3.05, 3.63) is 35.9 Å². The van der Waals surface area contributed by atoms with Crippen molar-refractivity contribution >= 4 is 29.5 Å². The fourth-order valence-electron chi connectivity index (χ4n) is 2.88. The molecule has 1 rings (SSSR count). The highest BCUT2D eigenvalue weighted by molar-refractivity contribution is 7.98. The molecule has 0 aromatic heterocycles. The van der Waals surface area contributed by atoms with Gasteiger partial charge in [0.1, 0.15) is 6.04 Å². The molecule has 3 unspecified atom stereocenters. The number of rotatable bonds is 11. The van der Waals surface area contributed by atoms with E-state index in [0.29, 0.717) is 24.2 Å². The fourth-order valence-corrected chi connectivity index (χ4v) is 3.37. The van der Waals surface area contributed by atoms with Crippen LogP contribution in [0.5, 0.6) is 0 Å². The maximum Gasteiger partial charge on any atom is 0.327 e. The third-order valence-corrected chi connectivity index (χ3v) is 4.98. The van der Waals surface area contributed by atoms with Crippen LogP contribution in [0.1, 0.15) is 32.3 Å². The topological polar surface area (TPSA) is 127 Å². The summed E-state index contributed by atoms with van der Waals surface area (Å²) in [5, 5.41) is 9.79. The molecule has 0 fully saturated rings. The molecule has 0 aliphatic rings. The van der Waals surface area contributed by atoms with Gasteiger partial charge < -0.3 is 16.6 Å². The van der Waals surface area contributed by atoms with Gasteiger partial charge in [-0.15, -0.1) is 0 Å². The summed E-state index contributed by atoms with van der Waals surface area (Å²) in [5.41, 5.74) is 12.7. The van der Waals surface area contributed by atoms with Crippen LogP contribution in [0.3, 0.4) is 0 Å². The molecule has 0 radical (unpaired) electrons. The lowest BCUT2D eigenvalue weighted by atomic mass is 9.99. The summed E-state index contributed by atoms with van der Waals surface area (Å²) in [4.78, 5) is 38.7. The molecule has 156 valence electrons. The normalized spacial score (nSPS) is 14.4. The van der Waals surface area contributed by atoms with Crippen LogP contribution in [0.15, 0.2) is 30.3 Å². The molecule has 0 heterocycles. The Morgan fingerprint density at radius 1 is 1.07 bits per heavy atom. The number of carboxylic acids is 1. The maximum absolute atomic E-state index is 13.0. The molecule has 0 saturated heterocycles. The molecular formula is C20H31N3O4S. The second-order valence-corrected chi connectivity index (χ2v) is 8.20. The lowest BCUT2D eigenvalue weighted by molar-refractivity contribution is -0.159. The first-order valence-electron chi connectivity index (χ1n) is 9.32. The summed E-state index contributed by atoms with van der Waals surface area (Å²) in [6.07, 6.45) is 2.58. The molecule has 1 aromatic rings. The van der Waals surface area contributed by atoms with Crippen molar-refractivity contribution < 1.29 is 19.5 Å². The molecule has 7 nitrogen and oxygen atoms in total. The van der Waals surface area contributed by atoms with Gasteiger partial charge in [0.15, 0.2) is 0 Å². The minimum Gasteiger partial charge on any atom is -0.480 e. The Hall–Kier alpha value is -1.90. The van der Waals surface area contributed by atoms with Gasteiger partial charge in [0.05, 0.1) is 12.1 Å². The quantitative estimate of drug-likeness (QED) is 0.505. The Morgan fingerprint density at radius 3 is 2.14 bits per heavy atom. The van der Waals surface area contributed by atoms with Crippen molar-refractivity contribution in [3.63, 3.8) is 0 Å². The number of benzene rings is 1. The molecule has 0 spiro atoms. The van der Waals surface area contributed by atoms with E-state index in [-0.39, 0.29) is 12.3 Å². The summed E-state index contributed by atoms with van der Waals surface area (Å²) in [5.74, 6) is -1.90. The molecule has 3 atom stereocenters. The largest absolute Gasteiger partial charge is 0.480 e. The van der Waals surface area contributed by atoms with Crippen molar-refractivity contribution in [1.29, 1.82) is 0 Å². The Kier molecular flexibility index (Phi) is 10.2. The predicted octanol–water partition coefficient (Wildman–Crippen LogP) is 1.49. The van der Waals surface area contributed by atoms with Crippen molar-refractivity contribution in [3.8, 4) is 0 Å². The summed E-state index contributed by atoms with van der Waals surface area (Å²) >= 11 is 1.52. The number of carbonyl (C=O) groups excluding carboxylic acids is 2. The van der Waals surface area contributed by atoms with E-state index in [0.717, 1.165) is 4.90 Å². The van der Waals surface area contributed by atoms with Crippen LogP contribution >= 0.6 is 11.8 Å². The van der Waals surface area contributed by atoms with E-state index in [1.165, 1.54) is 11.8 Å². The van der Waals surface area contributed by atoms with Gasteiger partial charge in [-0.3, -0.25) is 14.5 Å². The van der Waals surface area contributed by atoms with Crippen LogP contribution in [0.2, 0.25) is 0 Å². The number of nitrogens with zero attached hydrogens (tertiary/aromatic N) is 1. The first-order valence-corrected chi connectivity index (χ1v) is 10.7. The number of carbonyl (C=O) groups is 3. The van der Waals surface area contributed by atoms with Crippen LogP contribution in [-0.2, 0) is 20.8 Å². The molecule has 2 amide bonds. The Labute approximate surface area is 170 Å². The van der Waals surface area contributed by atoms with Crippen LogP contribution in [0, 0.1) is 5.92 Å². The van der Waals surface area contributed by atoms with Crippen molar-refractivity contribution in [1.82, 2.24) is 4.90 Å². The van der Waals surface area contributed by atoms with Gasteiger partial charge in [-0.2, -0.15) is 11.8 Å². The number of thioether (sulfide) groups is 1. The van der Waals surface area contributed by atoms with E-state index in [1.807, 2.05) is 26.2 Å². The van der Waals surface area contributed by atoms with Gasteiger partial charge >= 0.3 is 5.97 Å². The molecule has 8 heteroatoms. The van der Waals surface area contributed by atoms with E-state index in [1.54, 1.807) is 24.3 Å². The smallest absolute Gasteiger partial charge is 0.327 e. The van der Waals surface area contributed by atoms with Gasteiger partial charge in [0.2, 0.25) is 11.8 Å².